The summed E-state index contributed by atoms with van der Waals surface area (Å²) in [7, 11) is 1.44. The summed E-state index contributed by atoms with van der Waals surface area (Å²) in [6.07, 6.45) is 0. The van der Waals surface area contributed by atoms with Gasteiger partial charge in [-0.1, -0.05) is 0 Å². The van der Waals surface area contributed by atoms with E-state index in [1.165, 1.54) is 13.2 Å². The van der Waals surface area contributed by atoms with Gasteiger partial charge in [0, 0.05) is 6.07 Å². The minimum atomic E-state index is -0.402. The van der Waals surface area contributed by atoms with Gasteiger partial charge in [-0.05, 0) is 0 Å². The van der Waals surface area contributed by atoms with Crippen molar-refractivity contribution in [2.24, 2.45) is 0 Å². The molecule has 1 heterocycles. The van der Waals surface area contributed by atoms with Crippen LogP contribution in [0.4, 0.5) is 5.69 Å². The van der Waals surface area contributed by atoms with E-state index in [-0.39, 0.29) is 5.69 Å². The van der Waals surface area contributed by atoms with Crippen molar-refractivity contribution in [1.29, 1.82) is 0 Å². The second-order valence-corrected chi connectivity index (χ2v) is 1.69. The van der Waals surface area contributed by atoms with Gasteiger partial charge in [0.25, 0.3) is 5.56 Å². The van der Waals surface area contributed by atoms with Gasteiger partial charge >= 0.3 is 0 Å². The second-order valence-electron chi connectivity index (χ2n) is 1.69. The zero-order valence-electron chi connectivity index (χ0n) is 5.42. The van der Waals surface area contributed by atoms with Crippen LogP contribution in [0.5, 0.6) is 5.88 Å². The van der Waals surface area contributed by atoms with E-state index in [1.54, 1.807) is 0 Å². The fourth-order valence-electron chi connectivity index (χ4n) is 0.506. The van der Waals surface area contributed by atoms with E-state index in [4.69, 9.17) is 5.73 Å². The maximum atomic E-state index is 10.6. The molecule has 0 radical (unpaired) electrons. The van der Waals surface area contributed by atoms with Crippen molar-refractivity contribution in [3.8, 4) is 5.88 Å². The number of nitrogen functional groups attached to an aromatic ring is 1. The first kappa shape index (κ1) is 6.60. The summed E-state index contributed by atoms with van der Waals surface area (Å²) < 4.78 is 4.69. The lowest BCUT2D eigenvalue weighted by molar-refractivity contribution is 0.391. The number of nitrogens with two attached hydrogens (primary N) is 1. The van der Waals surface area contributed by atoms with E-state index in [2.05, 4.69) is 14.9 Å². The number of hydrogen-bond donors (Lipinski definition) is 2. The highest BCUT2D eigenvalue weighted by Crippen LogP contribution is 2.02. The topological polar surface area (TPSA) is 81.0 Å². The Labute approximate surface area is 56.8 Å². The average molecular weight is 141 g/mol. The molecular formula is C5H7N3O2. The Morgan fingerprint density at radius 3 is 3.00 bits per heavy atom. The molecule has 0 aliphatic heterocycles. The first-order chi connectivity index (χ1) is 4.74. The molecule has 0 saturated carbocycles. The number of nitrogens with one attached hydrogen (secondary N) is 1. The van der Waals surface area contributed by atoms with Gasteiger partial charge in [-0.3, -0.25) is 4.79 Å². The summed E-state index contributed by atoms with van der Waals surface area (Å²) in [4.78, 5) is 10.6. The molecule has 1 aromatic rings. The van der Waals surface area contributed by atoms with Crippen LogP contribution < -0.4 is 16.0 Å². The highest BCUT2D eigenvalue weighted by molar-refractivity contribution is 5.36. The molecule has 0 fully saturated rings. The van der Waals surface area contributed by atoms with Crippen LogP contribution in [-0.4, -0.2) is 17.3 Å². The standard InChI is InChI=1S/C5H7N3O2/c1-10-4-2-3(6)5(9)8-7-4/h2H,1H3,(H2,6,7)(H,8,9). The molecule has 0 spiro atoms. The number of H-pyrrole nitrogens is 1. The molecule has 0 amide bonds. The van der Waals surface area contributed by atoms with Gasteiger partial charge in [0.2, 0.25) is 5.88 Å². The van der Waals surface area contributed by atoms with Gasteiger partial charge < -0.3 is 10.5 Å². The molecule has 10 heavy (non-hydrogen) atoms. The summed E-state index contributed by atoms with van der Waals surface area (Å²) in [5.41, 5.74) is 4.93. The minimum absolute atomic E-state index is 0.104. The third kappa shape index (κ3) is 1.07. The molecule has 5 heteroatoms. The van der Waals surface area contributed by atoms with E-state index in [1.807, 2.05) is 0 Å². The fourth-order valence-corrected chi connectivity index (χ4v) is 0.506. The Bertz CT molecular complexity index is 280. The van der Waals surface area contributed by atoms with E-state index in [0.717, 1.165) is 0 Å². The summed E-state index contributed by atoms with van der Waals surface area (Å²) in [5.74, 6) is 0.303. The van der Waals surface area contributed by atoms with Crippen molar-refractivity contribution in [2.75, 3.05) is 12.8 Å². The second kappa shape index (κ2) is 2.38. The summed E-state index contributed by atoms with van der Waals surface area (Å²) in [6, 6.07) is 1.36. The first-order valence-corrected chi connectivity index (χ1v) is 2.63. The lowest BCUT2D eigenvalue weighted by atomic mass is 10.5. The molecule has 5 nitrogen and oxygen atoms in total. The molecule has 0 saturated heterocycles. The zero-order valence-corrected chi connectivity index (χ0v) is 5.42. The van der Waals surface area contributed by atoms with Crippen molar-refractivity contribution < 1.29 is 4.74 Å². The number of rotatable bonds is 1. The molecule has 0 bridgehead atoms. The van der Waals surface area contributed by atoms with Crippen LogP contribution in [0.25, 0.3) is 0 Å². The SMILES string of the molecule is COc1cc(N)c(=O)[nH]n1. The van der Waals surface area contributed by atoms with E-state index in [9.17, 15) is 4.79 Å². The Morgan fingerprint density at radius 1 is 1.80 bits per heavy atom. The van der Waals surface area contributed by atoms with Crippen LogP contribution in [0.2, 0.25) is 0 Å². The van der Waals surface area contributed by atoms with Crippen LogP contribution in [0, 0.1) is 0 Å². The Kier molecular flexibility index (Phi) is 1.57. The van der Waals surface area contributed by atoms with Gasteiger partial charge in [0.05, 0.1) is 7.11 Å². The maximum Gasteiger partial charge on any atom is 0.287 e. The molecule has 1 rings (SSSR count). The summed E-state index contributed by atoms with van der Waals surface area (Å²) >= 11 is 0. The largest absolute Gasteiger partial charge is 0.480 e. The molecule has 54 valence electrons. The Hall–Kier alpha value is -1.52. The van der Waals surface area contributed by atoms with E-state index < -0.39 is 5.56 Å². The molecular weight excluding hydrogens is 134 g/mol. The molecule has 0 aliphatic carbocycles. The molecule has 0 unspecified atom stereocenters. The number of hydrogen-bond acceptors (Lipinski definition) is 4. The summed E-state index contributed by atoms with van der Waals surface area (Å²) in [6.45, 7) is 0. The zero-order chi connectivity index (χ0) is 7.56. The highest BCUT2D eigenvalue weighted by Gasteiger charge is 1.96. The van der Waals surface area contributed by atoms with Gasteiger partial charge in [0.1, 0.15) is 5.69 Å². The van der Waals surface area contributed by atoms with Crippen LogP contribution in [0.15, 0.2) is 10.9 Å². The fraction of sp³-hybridized carbons (Fsp3) is 0.200. The number of anilines is 1. The monoisotopic (exact) mass is 141 g/mol. The van der Waals surface area contributed by atoms with E-state index >= 15 is 0 Å². The van der Waals surface area contributed by atoms with Crippen LogP contribution in [-0.2, 0) is 0 Å². The maximum absolute atomic E-state index is 10.6. The predicted octanol–water partition coefficient (Wildman–Crippen LogP) is -0.639. The minimum Gasteiger partial charge on any atom is -0.480 e. The number of ether oxygens (including phenoxy) is 1. The van der Waals surface area contributed by atoms with Crippen LogP contribution in [0.1, 0.15) is 0 Å². The lowest BCUT2D eigenvalue weighted by Crippen LogP contribution is -2.13. The Morgan fingerprint density at radius 2 is 2.50 bits per heavy atom. The van der Waals surface area contributed by atoms with E-state index in [0.29, 0.717) is 5.88 Å². The van der Waals surface area contributed by atoms with Gasteiger partial charge in [-0.2, -0.15) is 0 Å². The number of methoxy groups -OCH3 is 1. The third-order valence-corrected chi connectivity index (χ3v) is 1.02. The highest BCUT2D eigenvalue weighted by atomic mass is 16.5. The third-order valence-electron chi connectivity index (χ3n) is 1.02. The van der Waals surface area contributed by atoms with Gasteiger partial charge in [-0.15, -0.1) is 5.10 Å². The lowest BCUT2D eigenvalue weighted by Gasteiger charge is -1.95. The van der Waals surface area contributed by atoms with Gasteiger partial charge in [-0.25, -0.2) is 5.10 Å². The number of nitrogens with zero attached hydrogens (tertiary/aromatic N) is 1. The van der Waals surface area contributed by atoms with Crippen molar-refractivity contribution >= 4 is 5.69 Å². The van der Waals surface area contributed by atoms with Crippen molar-refractivity contribution in [1.82, 2.24) is 10.2 Å². The Balaban J connectivity index is 3.17. The van der Waals surface area contributed by atoms with Crippen LogP contribution in [0.3, 0.4) is 0 Å². The molecule has 0 aliphatic rings. The quantitative estimate of drug-likeness (QED) is 0.545. The molecule has 0 aromatic carbocycles. The van der Waals surface area contributed by atoms with Crippen molar-refractivity contribution in [3.05, 3.63) is 16.4 Å². The summed E-state index contributed by atoms with van der Waals surface area (Å²) in [5, 5.41) is 5.68. The number of aromatic nitrogens is 2. The first-order valence-electron chi connectivity index (χ1n) is 2.63. The van der Waals surface area contributed by atoms with Gasteiger partial charge in [0.15, 0.2) is 0 Å². The predicted molar refractivity (Wildman–Crippen MR) is 35.8 cm³/mol. The molecule has 3 N–H and O–H groups in total. The van der Waals surface area contributed by atoms with Crippen molar-refractivity contribution in [3.63, 3.8) is 0 Å². The average Bonchev–Trinajstić information content (AvgIpc) is 1.95. The number of aromatic amines is 1. The normalized spacial score (nSPS) is 9.30. The van der Waals surface area contributed by atoms with Crippen LogP contribution >= 0.6 is 0 Å². The molecule has 0 atom stereocenters. The smallest absolute Gasteiger partial charge is 0.287 e. The molecule has 1 aromatic heterocycles. The van der Waals surface area contributed by atoms with Crippen molar-refractivity contribution in [2.45, 2.75) is 0 Å².